The highest BCUT2D eigenvalue weighted by atomic mass is 19.1. The number of rotatable bonds is 4. The van der Waals surface area contributed by atoms with E-state index in [1.807, 2.05) is 0 Å². The summed E-state index contributed by atoms with van der Waals surface area (Å²) in [6.07, 6.45) is 0.0847. The number of aliphatic hydroxyl groups is 1. The van der Waals surface area contributed by atoms with Crippen molar-refractivity contribution in [3.05, 3.63) is 59.8 Å². The molecule has 2 N–H and O–H groups in total. The van der Waals surface area contributed by atoms with Crippen LogP contribution in [0.5, 0.6) is 0 Å². The first-order valence-corrected chi connectivity index (χ1v) is 7.04. The minimum atomic E-state index is -1.34. The second kappa shape index (κ2) is 5.51. The minimum Gasteiger partial charge on any atom is -0.466 e. The summed E-state index contributed by atoms with van der Waals surface area (Å²) < 4.78 is 18.9. The Hall–Kier alpha value is -2.67. The molecule has 1 aliphatic rings. The Balaban J connectivity index is 1.83. The topological polar surface area (TPSA) is 82.8 Å². The van der Waals surface area contributed by atoms with Gasteiger partial charge >= 0.3 is 6.03 Å². The number of carbonyl (C=O) groups excluding carboxylic acids is 2. The zero-order valence-electron chi connectivity index (χ0n) is 12.3. The molecule has 2 atom stereocenters. The molecule has 0 spiro atoms. The Morgan fingerprint density at radius 3 is 2.70 bits per heavy atom. The van der Waals surface area contributed by atoms with Crippen molar-refractivity contribution in [3.63, 3.8) is 0 Å². The van der Waals surface area contributed by atoms with E-state index in [2.05, 4.69) is 5.32 Å². The molecule has 0 saturated carbocycles. The van der Waals surface area contributed by atoms with Gasteiger partial charge in [0, 0.05) is 5.56 Å². The molecule has 1 fully saturated rings. The van der Waals surface area contributed by atoms with Crippen LogP contribution >= 0.6 is 0 Å². The Morgan fingerprint density at radius 1 is 1.30 bits per heavy atom. The molecule has 2 aromatic rings. The second-order valence-corrected chi connectivity index (χ2v) is 5.49. The molecule has 3 amide bonds. The van der Waals surface area contributed by atoms with Gasteiger partial charge in [-0.1, -0.05) is 18.2 Å². The Labute approximate surface area is 131 Å². The van der Waals surface area contributed by atoms with Gasteiger partial charge in [0.15, 0.2) is 5.54 Å². The number of hydrogen-bond acceptors (Lipinski definition) is 4. The van der Waals surface area contributed by atoms with Crippen LogP contribution in [-0.2, 0) is 10.3 Å². The number of carbonyl (C=O) groups is 2. The van der Waals surface area contributed by atoms with Crippen molar-refractivity contribution in [3.8, 4) is 0 Å². The summed E-state index contributed by atoms with van der Waals surface area (Å²) in [5, 5.41) is 12.7. The largest absolute Gasteiger partial charge is 0.466 e. The number of benzene rings is 1. The van der Waals surface area contributed by atoms with Crippen LogP contribution in [0.1, 0.15) is 24.4 Å². The fourth-order valence-electron chi connectivity index (χ4n) is 2.61. The van der Waals surface area contributed by atoms with Gasteiger partial charge in [0.1, 0.15) is 11.6 Å². The summed E-state index contributed by atoms with van der Waals surface area (Å²) in [7, 11) is 0. The molecule has 1 aromatic carbocycles. The molecule has 6 nitrogen and oxygen atoms in total. The van der Waals surface area contributed by atoms with E-state index in [4.69, 9.17) is 4.42 Å². The predicted octanol–water partition coefficient (Wildman–Crippen LogP) is 1.92. The van der Waals surface area contributed by atoms with Crippen LogP contribution in [0.4, 0.5) is 9.18 Å². The molecule has 3 rings (SSSR count). The van der Waals surface area contributed by atoms with Gasteiger partial charge in [-0.2, -0.15) is 0 Å². The van der Waals surface area contributed by atoms with Crippen LogP contribution in [0.2, 0.25) is 0 Å². The summed E-state index contributed by atoms with van der Waals surface area (Å²) >= 11 is 0. The summed E-state index contributed by atoms with van der Waals surface area (Å²) in [6.45, 7) is 1.17. The molecule has 120 valence electrons. The van der Waals surface area contributed by atoms with Gasteiger partial charge in [0.05, 0.1) is 18.9 Å². The predicted molar refractivity (Wildman–Crippen MR) is 77.7 cm³/mol. The van der Waals surface area contributed by atoms with Crippen LogP contribution in [-0.4, -0.2) is 28.5 Å². The van der Waals surface area contributed by atoms with Crippen LogP contribution in [0.15, 0.2) is 47.1 Å². The van der Waals surface area contributed by atoms with E-state index in [9.17, 15) is 19.1 Å². The van der Waals surface area contributed by atoms with E-state index in [0.717, 1.165) is 4.90 Å². The number of β-amino-alcohol motifs (C(OH)–C–C–N with tert-alkyl or cyclic N) is 1. The van der Waals surface area contributed by atoms with Crippen molar-refractivity contribution in [1.82, 2.24) is 10.2 Å². The SMILES string of the molecule is C[C@@]1(c2ccco2)NC(=O)N(C[C@H](O)c2ccccc2F)C1=O. The maximum atomic E-state index is 13.7. The molecular formula is C16H15FN2O4. The number of halogens is 1. The lowest BCUT2D eigenvalue weighted by Crippen LogP contribution is -2.41. The number of amides is 3. The Kier molecular flexibility index (Phi) is 3.65. The lowest BCUT2D eigenvalue weighted by atomic mass is 9.99. The summed E-state index contributed by atoms with van der Waals surface area (Å²) in [4.78, 5) is 25.5. The normalized spacial score (nSPS) is 22.3. The third-order valence-electron chi connectivity index (χ3n) is 3.91. The number of nitrogens with zero attached hydrogens (tertiary/aromatic N) is 1. The van der Waals surface area contributed by atoms with Crippen LogP contribution in [0.25, 0.3) is 0 Å². The van der Waals surface area contributed by atoms with Gasteiger partial charge in [-0.3, -0.25) is 9.69 Å². The zero-order valence-corrected chi connectivity index (χ0v) is 12.3. The lowest BCUT2D eigenvalue weighted by molar-refractivity contribution is -0.132. The number of nitrogens with one attached hydrogen (secondary N) is 1. The fourth-order valence-corrected chi connectivity index (χ4v) is 2.61. The van der Waals surface area contributed by atoms with E-state index in [0.29, 0.717) is 5.76 Å². The molecule has 1 aromatic heterocycles. The van der Waals surface area contributed by atoms with Crippen molar-refractivity contribution in [2.45, 2.75) is 18.6 Å². The van der Waals surface area contributed by atoms with Gasteiger partial charge in [-0.25, -0.2) is 9.18 Å². The maximum Gasteiger partial charge on any atom is 0.325 e. The fraction of sp³-hybridized carbons (Fsp3) is 0.250. The van der Waals surface area contributed by atoms with Crippen LogP contribution in [0, 0.1) is 5.82 Å². The van der Waals surface area contributed by atoms with Gasteiger partial charge in [0.25, 0.3) is 5.91 Å². The first-order valence-electron chi connectivity index (χ1n) is 7.04. The summed E-state index contributed by atoms with van der Waals surface area (Å²) in [5.41, 5.74) is -1.31. The van der Waals surface area contributed by atoms with Gasteiger partial charge in [-0.05, 0) is 25.1 Å². The number of urea groups is 1. The average molecular weight is 318 g/mol. The number of imide groups is 1. The molecule has 7 heteroatoms. The van der Waals surface area contributed by atoms with E-state index < -0.39 is 29.4 Å². The van der Waals surface area contributed by atoms with Crippen molar-refractivity contribution >= 4 is 11.9 Å². The van der Waals surface area contributed by atoms with Gasteiger partial charge < -0.3 is 14.8 Å². The van der Waals surface area contributed by atoms with E-state index in [1.54, 1.807) is 18.2 Å². The van der Waals surface area contributed by atoms with Crippen molar-refractivity contribution in [2.24, 2.45) is 0 Å². The zero-order chi connectivity index (χ0) is 16.6. The van der Waals surface area contributed by atoms with Gasteiger partial charge in [0.2, 0.25) is 0 Å². The molecule has 0 bridgehead atoms. The highest BCUT2D eigenvalue weighted by molar-refractivity contribution is 6.06. The molecule has 0 aliphatic carbocycles. The molecule has 2 heterocycles. The number of aliphatic hydroxyl groups excluding tert-OH is 1. The second-order valence-electron chi connectivity index (χ2n) is 5.49. The van der Waals surface area contributed by atoms with E-state index in [-0.39, 0.29) is 12.1 Å². The van der Waals surface area contributed by atoms with Crippen molar-refractivity contribution < 1.29 is 23.5 Å². The molecule has 1 aliphatic heterocycles. The number of furan rings is 1. The molecule has 1 saturated heterocycles. The monoisotopic (exact) mass is 318 g/mol. The van der Waals surface area contributed by atoms with E-state index in [1.165, 1.54) is 31.4 Å². The Bertz CT molecular complexity index is 746. The Morgan fingerprint density at radius 2 is 2.04 bits per heavy atom. The first kappa shape index (κ1) is 15.2. The van der Waals surface area contributed by atoms with Gasteiger partial charge in [-0.15, -0.1) is 0 Å². The smallest absolute Gasteiger partial charge is 0.325 e. The van der Waals surface area contributed by atoms with E-state index >= 15 is 0 Å². The molecule has 0 unspecified atom stereocenters. The third-order valence-corrected chi connectivity index (χ3v) is 3.91. The van der Waals surface area contributed by atoms with Crippen LogP contribution < -0.4 is 5.32 Å². The maximum absolute atomic E-state index is 13.7. The average Bonchev–Trinajstić information content (AvgIpc) is 3.12. The summed E-state index contributed by atoms with van der Waals surface area (Å²) in [6, 6.07) is 8.20. The van der Waals surface area contributed by atoms with Crippen LogP contribution in [0.3, 0.4) is 0 Å². The quantitative estimate of drug-likeness (QED) is 0.844. The molecular weight excluding hydrogens is 303 g/mol. The highest BCUT2D eigenvalue weighted by Crippen LogP contribution is 2.30. The molecule has 0 radical (unpaired) electrons. The third kappa shape index (κ3) is 2.49. The lowest BCUT2D eigenvalue weighted by Gasteiger charge is -2.21. The summed E-state index contributed by atoms with van der Waals surface area (Å²) in [5.74, 6) is -0.868. The minimum absolute atomic E-state index is 0.0275. The molecule has 23 heavy (non-hydrogen) atoms. The standard InChI is InChI=1S/C16H15FN2O4/c1-16(13-7-4-8-23-13)14(21)19(15(22)18-16)9-12(20)10-5-2-3-6-11(10)17/h2-8,12,20H,9H2,1H3,(H,18,22)/t12-,16-/m0/s1. The highest BCUT2D eigenvalue weighted by Gasteiger charge is 2.51. The van der Waals surface area contributed by atoms with Crippen molar-refractivity contribution in [2.75, 3.05) is 6.54 Å². The number of hydrogen-bond donors (Lipinski definition) is 2. The van der Waals surface area contributed by atoms with Crippen molar-refractivity contribution in [1.29, 1.82) is 0 Å². The first-order chi connectivity index (χ1) is 10.9.